The van der Waals surface area contributed by atoms with Gasteiger partial charge in [-0.25, -0.2) is 4.79 Å². The number of rotatable bonds is 6. The fraction of sp³-hybridized carbons (Fsp3) is 0.357. The number of benzene rings is 1. The van der Waals surface area contributed by atoms with Gasteiger partial charge in [0.15, 0.2) is 0 Å². The number of esters is 1. The number of hydrogen-bond donors (Lipinski definition) is 3. The molecule has 0 bridgehead atoms. The molecule has 114 valence electrons. The third-order valence-electron chi connectivity index (χ3n) is 2.43. The van der Waals surface area contributed by atoms with Crippen molar-refractivity contribution in [2.75, 3.05) is 18.5 Å². The lowest BCUT2D eigenvalue weighted by molar-refractivity contribution is -0.141. The summed E-state index contributed by atoms with van der Waals surface area (Å²) in [7, 11) is 0. The van der Waals surface area contributed by atoms with E-state index in [0.717, 1.165) is 5.56 Å². The number of urea groups is 1. The summed E-state index contributed by atoms with van der Waals surface area (Å²) < 4.78 is 4.68. The van der Waals surface area contributed by atoms with E-state index in [1.165, 1.54) is 6.92 Å². The molecule has 1 aromatic rings. The van der Waals surface area contributed by atoms with E-state index in [1.807, 2.05) is 0 Å². The molecule has 0 aromatic heterocycles. The molecular weight excluding hydrogens is 274 g/mol. The molecule has 1 rings (SSSR count). The van der Waals surface area contributed by atoms with Gasteiger partial charge in [-0.15, -0.1) is 0 Å². The van der Waals surface area contributed by atoms with Crippen LogP contribution in [0.25, 0.3) is 0 Å². The Hall–Kier alpha value is -2.57. The zero-order valence-corrected chi connectivity index (χ0v) is 12.1. The molecule has 0 fully saturated rings. The lowest BCUT2D eigenvalue weighted by atomic mass is 10.2. The van der Waals surface area contributed by atoms with Crippen molar-refractivity contribution in [2.24, 2.45) is 0 Å². The normalized spacial score (nSPS) is 9.62. The summed E-state index contributed by atoms with van der Waals surface area (Å²) in [5.74, 6) is -0.619. The summed E-state index contributed by atoms with van der Waals surface area (Å²) >= 11 is 0. The van der Waals surface area contributed by atoms with Crippen LogP contribution in [-0.2, 0) is 20.9 Å². The van der Waals surface area contributed by atoms with Crippen LogP contribution in [0.2, 0.25) is 0 Å². The second kappa shape index (κ2) is 8.57. The quantitative estimate of drug-likeness (QED) is 0.682. The van der Waals surface area contributed by atoms with E-state index in [9.17, 15) is 14.4 Å². The molecule has 0 spiro atoms. The van der Waals surface area contributed by atoms with Crippen LogP contribution >= 0.6 is 0 Å². The molecule has 0 aliphatic heterocycles. The van der Waals surface area contributed by atoms with Crippen LogP contribution in [0.15, 0.2) is 24.3 Å². The largest absolute Gasteiger partial charge is 0.465 e. The first-order chi connectivity index (χ1) is 10.0. The van der Waals surface area contributed by atoms with Crippen LogP contribution in [0.3, 0.4) is 0 Å². The Bertz CT molecular complexity index is 499. The summed E-state index contributed by atoms with van der Waals surface area (Å²) in [5, 5.41) is 7.66. The molecule has 1 aromatic carbocycles. The third-order valence-corrected chi connectivity index (χ3v) is 2.43. The third kappa shape index (κ3) is 6.95. The monoisotopic (exact) mass is 293 g/mol. The van der Waals surface area contributed by atoms with E-state index in [-0.39, 0.29) is 19.1 Å². The van der Waals surface area contributed by atoms with Gasteiger partial charge in [-0.3, -0.25) is 9.59 Å². The number of amides is 3. The van der Waals surface area contributed by atoms with Crippen molar-refractivity contribution in [3.8, 4) is 0 Å². The maximum absolute atomic E-state index is 11.5. The molecule has 3 N–H and O–H groups in total. The summed E-state index contributed by atoms with van der Waals surface area (Å²) in [6, 6.07) is 6.62. The predicted molar refractivity (Wildman–Crippen MR) is 77.6 cm³/mol. The van der Waals surface area contributed by atoms with Crippen LogP contribution in [-0.4, -0.2) is 31.1 Å². The Morgan fingerprint density at radius 2 is 1.76 bits per heavy atom. The Morgan fingerprint density at radius 1 is 1.10 bits per heavy atom. The van der Waals surface area contributed by atoms with Gasteiger partial charge in [0.05, 0.1) is 6.61 Å². The van der Waals surface area contributed by atoms with Gasteiger partial charge in [0.1, 0.15) is 6.54 Å². The molecule has 0 aliphatic rings. The molecular formula is C14H19N3O4. The van der Waals surface area contributed by atoms with E-state index in [2.05, 4.69) is 20.7 Å². The highest BCUT2D eigenvalue weighted by Gasteiger charge is 2.05. The van der Waals surface area contributed by atoms with Crippen molar-refractivity contribution >= 4 is 23.6 Å². The maximum atomic E-state index is 11.5. The van der Waals surface area contributed by atoms with Crippen LogP contribution in [0.5, 0.6) is 0 Å². The smallest absolute Gasteiger partial charge is 0.325 e. The fourth-order valence-corrected chi connectivity index (χ4v) is 1.52. The van der Waals surface area contributed by atoms with Gasteiger partial charge in [0, 0.05) is 19.2 Å². The molecule has 0 aliphatic carbocycles. The van der Waals surface area contributed by atoms with Crippen molar-refractivity contribution in [3.05, 3.63) is 29.8 Å². The Balaban J connectivity index is 2.32. The highest BCUT2D eigenvalue weighted by Crippen LogP contribution is 2.09. The topological polar surface area (TPSA) is 96.5 Å². The molecule has 0 atom stereocenters. The van der Waals surface area contributed by atoms with Crippen molar-refractivity contribution in [1.29, 1.82) is 0 Å². The first kappa shape index (κ1) is 16.5. The van der Waals surface area contributed by atoms with Gasteiger partial charge >= 0.3 is 12.0 Å². The van der Waals surface area contributed by atoms with Gasteiger partial charge < -0.3 is 20.7 Å². The number of anilines is 1. The SMILES string of the molecule is CCOC(=O)CNC(=O)NCc1ccc(NC(C)=O)cc1. The molecule has 7 heteroatoms. The Kier molecular flexibility index (Phi) is 6.73. The lowest BCUT2D eigenvalue weighted by Crippen LogP contribution is -2.38. The molecule has 0 radical (unpaired) electrons. The zero-order chi connectivity index (χ0) is 15.7. The van der Waals surface area contributed by atoms with Crippen molar-refractivity contribution in [3.63, 3.8) is 0 Å². The Morgan fingerprint density at radius 3 is 2.33 bits per heavy atom. The van der Waals surface area contributed by atoms with Crippen LogP contribution in [0.4, 0.5) is 10.5 Å². The minimum atomic E-state index is -0.479. The second-order valence-electron chi connectivity index (χ2n) is 4.22. The van der Waals surface area contributed by atoms with Crippen LogP contribution < -0.4 is 16.0 Å². The minimum absolute atomic E-state index is 0.140. The van der Waals surface area contributed by atoms with E-state index in [4.69, 9.17) is 0 Å². The summed E-state index contributed by atoms with van der Waals surface area (Å²) in [4.78, 5) is 33.4. The fourth-order valence-electron chi connectivity index (χ4n) is 1.52. The van der Waals surface area contributed by atoms with Gasteiger partial charge in [0.2, 0.25) is 5.91 Å². The molecule has 0 unspecified atom stereocenters. The van der Waals surface area contributed by atoms with Gasteiger partial charge in [-0.05, 0) is 24.6 Å². The molecule has 3 amide bonds. The van der Waals surface area contributed by atoms with Crippen molar-refractivity contribution in [2.45, 2.75) is 20.4 Å². The van der Waals surface area contributed by atoms with Gasteiger partial charge in [-0.2, -0.15) is 0 Å². The van der Waals surface area contributed by atoms with E-state index in [1.54, 1.807) is 31.2 Å². The van der Waals surface area contributed by atoms with Crippen molar-refractivity contribution < 1.29 is 19.1 Å². The average molecular weight is 293 g/mol. The lowest BCUT2D eigenvalue weighted by Gasteiger charge is -2.08. The standard InChI is InChI=1S/C14H19N3O4/c1-3-21-13(19)9-16-14(20)15-8-11-4-6-12(7-5-11)17-10(2)18/h4-7H,3,8-9H2,1-2H3,(H,17,18)(H2,15,16,20). The van der Waals surface area contributed by atoms with E-state index < -0.39 is 12.0 Å². The first-order valence-electron chi connectivity index (χ1n) is 6.55. The summed E-state index contributed by atoms with van der Waals surface area (Å²) in [5.41, 5.74) is 1.56. The highest BCUT2D eigenvalue weighted by molar-refractivity contribution is 5.88. The Labute approximate surface area is 123 Å². The number of carbonyl (C=O) groups excluding carboxylic acids is 3. The van der Waals surface area contributed by atoms with Gasteiger partial charge in [0.25, 0.3) is 0 Å². The maximum Gasteiger partial charge on any atom is 0.325 e. The molecule has 21 heavy (non-hydrogen) atoms. The number of carbonyl (C=O) groups is 3. The average Bonchev–Trinajstić information content (AvgIpc) is 2.44. The van der Waals surface area contributed by atoms with Gasteiger partial charge in [-0.1, -0.05) is 12.1 Å². The van der Waals surface area contributed by atoms with E-state index in [0.29, 0.717) is 12.2 Å². The molecule has 0 heterocycles. The second-order valence-corrected chi connectivity index (χ2v) is 4.22. The number of nitrogens with one attached hydrogen (secondary N) is 3. The zero-order valence-electron chi connectivity index (χ0n) is 12.1. The molecule has 7 nitrogen and oxygen atoms in total. The summed E-state index contributed by atoms with van der Waals surface area (Å²) in [6.07, 6.45) is 0. The van der Waals surface area contributed by atoms with E-state index >= 15 is 0 Å². The van der Waals surface area contributed by atoms with Crippen LogP contribution in [0, 0.1) is 0 Å². The van der Waals surface area contributed by atoms with Crippen LogP contribution in [0.1, 0.15) is 19.4 Å². The number of ether oxygens (including phenoxy) is 1. The number of hydrogen-bond acceptors (Lipinski definition) is 4. The first-order valence-corrected chi connectivity index (χ1v) is 6.55. The highest BCUT2D eigenvalue weighted by atomic mass is 16.5. The minimum Gasteiger partial charge on any atom is -0.465 e. The van der Waals surface area contributed by atoms with Crippen molar-refractivity contribution in [1.82, 2.24) is 10.6 Å². The molecule has 0 saturated carbocycles. The predicted octanol–water partition coefficient (Wildman–Crippen LogP) is 1.01. The molecule has 0 saturated heterocycles. The summed E-state index contributed by atoms with van der Waals surface area (Å²) in [6.45, 7) is 3.56.